The van der Waals surface area contributed by atoms with Crippen LogP contribution >= 0.6 is 11.6 Å². The van der Waals surface area contributed by atoms with Gasteiger partial charge in [0, 0.05) is 5.56 Å². The molecule has 0 radical (unpaired) electrons. The molecule has 1 rings (SSSR count). The number of carbonyl (C=O) groups is 1. The van der Waals surface area contributed by atoms with E-state index in [1.165, 1.54) is 6.07 Å². The fourth-order valence-corrected chi connectivity index (χ4v) is 1.55. The Labute approximate surface area is 96.1 Å². The van der Waals surface area contributed by atoms with E-state index in [1.807, 2.05) is 0 Å². The highest BCUT2D eigenvalue weighted by Crippen LogP contribution is 2.25. The zero-order valence-electron chi connectivity index (χ0n) is 8.51. The van der Waals surface area contributed by atoms with E-state index in [4.69, 9.17) is 16.7 Å². The molecule has 0 saturated heterocycles. The zero-order chi connectivity index (χ0) is 12.3. The summed E-state index contributed by atoms with van der Waals surface area (Å²) in [5.74, 6) is -1.21. The summed E-state index contributed by atoms with van der Waals surface area (Å²) in [6.45, 7) is 1.55. The van der Waals surface area contributed by atoms with E-state index in [9.17, 15) is 13.6 Å². The van der Waals surface area contributed by atoms with Crippen LogP contribution in [-0.4, -0.2) is 16.1 Å². The van der Waals surface area contributed by atoms with Crippen molar-refractivity contribution in [1.29, 1.82) is 0 Å². The summed E-state index contributed by atoms with van der Waals surface area (Å²) >= 11 is 5.49. The predicted molar refractivity (Wildman–Crippen MR) is 54.8 cm³/mol. The Morgan fingerprint density at radius 2 is 2.19 bits per heavy atom. The quantitative estimate of drug-likeness (QED) is 0.835. The molecule has 0 aliphatic heterocycles. The number of carboxylic acid groups (broad SMARTS) is 1. The van der Waals surface area contributed by atoms with E-state index in [2.05, 4.69) is 4.98 Å². The summed E-state index contributed by atoms with van der Waals surface area (Å²) in [4.78, 5) is 14.4. The molecule has 6 heteroatoms. The highest BCUT2D eigenvalue weighted by Gasteiger charge is 2.17. The normalized spacial score (nSPS) is 10.8. The third kappa shape index (κ3) is 2.88. The van der Waals surface area contributed by atoms with Gasteiger partial charge >= 0.3 is 5.97 Å². The van der Waals surface area contributed by atoms with Crippen LogP contribution < -0.4 is 0 Å². The van der Waals surface area contributed by atoms with E-state index in [0.717, 1.165) is 0 Å². The van der Waals surface area contributed by atoms with Gasteiger partial charge in [-0.3, -0.25) is 9.78 Å². The molecular formula is C10H10ClF2NO2. The number of alkyl halides is 3. The molecule has 0 aromatic carbocycles. The van der Waals surface area contributed by atoms with Crippen LogP contribution in [0.3, 0.4) is 0 Å². The first-order chi connectivity index (χ1) is 7.45. The van der Waals surface area contributed by atoms with Crippen molar-refractivity contribution in [2.45, 2.75) is 25.7 Å². The molecule has 0 saturated carbocycles. The second-order valence-electron chi connectivity index (χ2n) is 3.29. The summed E-state index contributed by atoms with van der Waals surface area (Å²) in [6, 6.07) is 1.24. The van der Waals surface area contributed by atoms with Gasteiger partial charge in [-0.1, -0.05) is 0 Å². The highest BCUT2D eigenvalue weighted by atomic mass is 35.5. The van der Waals surface area contributed by atoms with Crippen molar-refractivity contribution in [1.82, 2.24) is 4.98 Å². The first-order valence-corrected chi connectivity index (χ1v) is 5.04. The molecule has 1 aromatic heterocycles. The van der Waals surface area contributed by atoms with Crippen LogP contribution in [-0.2, 0) is 17.1 Å². The van der Waals surface area contributed by atoms with E-state index in [1.54, 1.807) is 6.92 Å². The molecule has 0 aliphatic carbocycles. The Morgan fingerprint density at radius 1 is 1.56 bits per heavy atom. The van der Waals surface area contributed by atoms with Crippen molar-refractivity contribution in [3.05, 3.63) is 28.6 Å². The number of aliphatic carboxylic acids is 1. The molecule has 0 atom stereocenters. The highest BCUT2D eigenvalue weighted by molar-refractivity contribution is 6.17. The summed E-state index contributed by atoms with van der Waals surface area (Å²) in [7, 11) is 0. The summed E-state index contributed by atoms with van der Waals surface area (Å²) in [5, 5.41) is 8.61. The van der Waals surface area contributed by atoms with Gasteiger partial charge in [0.15, 0.2) is 0 Å². The molecule has 0 spiro atoms. The number of nitrogens with zero attached hydrogens (tertiary/aromatic N) is 1. The number of aryl methyl sites for hydroxylation is 1. The molecule has 88 valence electrons. The van der Waals surface area contributed by atoms with Crippen molar-refractivity contribution >= 4 is 17.6 Å². The van der Waals surface area contributed by atoms with Crippen LogP contribution in [0.4, 0.5) is 8.78 Å². The Kier molecular flexibility index (Phi) is 4.18. The second-order valence-corrected chi connectivity index (χ2v) is 3.56. The molecule has 1 aromatic rings. The molecule has 1 N–H and O–H groups in total. The van der Waals surface area contributed by atoms with Gasteiger partial charge in [-0.05, 0) is 18.6 Å². The lowest BCUT2D eigenvalue weighted by atomic mass is 10.1. The fourth-order valence-electron chi connectivity index (χ4n) is 1.33. The topological polar surface area (TPSA) is 50.2 Å². The fraction of sp³-hybridized carbons (Fsp3) is 0.400. The van der Waals surface area contributed by atoms with Gasteiger partial charge in [-0.15, -0.1) is 11.6 Å². The molecule has 16 heavy (non-hydrogen) atoms. The minimum atomic E-state index is -2.65. The Morgan fingerprint density at radius 3 is 2.62 bits per heavy atom. The predicted octanol–water partition coefficient (Wildman–Crippen LogP) is 2.69. The Hall–Kier alpha value is -1.23. The second kappa shape index (κ2) is 5.21. The molecule has 0 fully saturated rings. The Balaban J connectivity index is 3.20. The number of rotatable bonds is 4. The maximum absolute atomic E-state index is 12.6. The number of halogens is 3. The smallest absolute Gasteiger partial charge is 0.309 e. The average molecular weight is 250 g/mol. The Bertz CT molecular complexity index is 410. The minimum absolute atomic E-state index is 0.0403. The summed E-state index contributed by atoms with van der Waals surface area (Å²) < 4.78 is 25.1. The molecule has 1 heterocycles. The monoisotopic (exact) mass is 249 g/mol. The molecule has 0 unspecified atom stereocenters. The van der Waals surface area contributed by atoms with Gasteiger partial charge in [0.1, 0.15) is 0 Å². The minimum Gasteiger partial charge on any atom is -0.481 e. The van der Waals surface area contributed by atoms with Crippen LogP contribution in [0.1, 0.15) is 28.9 Å². The third-order valence-corrected chi connectivity index (χ3v) is 2.36. The molecule has 0 bridgehead atoms. The number of aromatic nitrogens is 1. The van der Waals surface area contributed by atoms with Crippen LogP contribution in [0.25, 0.3) is 0 Å². The molecule has 0 amide bonds. The van der Waals surface area contributed by atoms with Crippen LogP contribution in [0.15, 0.2) is 6.07 Å². The first-order valence-electron chi connectivity index (χ1n) is 4.51. The lowest BCUT2D eigenvalue weighted by Gasteiger charge is -2.10. The first kappa shape index (κ1) is 12.8. The largest absolute Gasteiger partial charge is 0.481 e. The van der Waals surface area contributed by atoms with Gasteiger partial charge in [0.2, 0.25) is 0 Å². The van der Waals surface area contributed by atoms with Gasteiger partial charge in [0.25, 0.3) is 6.43 Å². The van der Waals surface area contributed by atoms with Crippen molar-refractivity contribution in [3.63, 3.8) is 0 Å². The van der Waals surface area contributed by atoms with E-state index in [0.29, 0.717) is 5.56 Å². The van der Waals surface area contributed by atoms with E-state index >= 15 is 0 Å². The average Bonchev–Trinajstić information content (AvgIpc) is 2.19. The van der Waals surface area contributed by atoms with Crippen LogP contribution in [0.2, 0.25) is 0 Å². The summed E-state index contributed by atoms with van der Waals surface area (Å²) in [6.07, 6.45) is -2.95. The maximum atomic E-state index is 12.6. The third-order valence-electron chi connectivity index (χ3n) is 2.11. The van der Waals surface area contributed by atoms with Gasteiger partial charge in [-0.2, -0.15) is 0 Å². The van der Waals surface area contributed by atoms with E-state index < -0.39 is 12.4 Å². The van der Waals surface area contributed by atoms with Crippen LogP contribution in [0, 0.1) is 6.92 Å². The number of hydrogen-bond acceptors (Lipinski definition) is 2. The zero-order valence-corrected chi connectivity index (χ0v) is 9.26. The molecular weight excluding hydrogens is 240 g/mol. The van der Waals surface area contributed by atoms with E-state index in [-0.39, 0.29) is 29.3 Å². The molecule has 3 nitrogen and oxygen atoms in total. The van der Waals surface area contributed by atoms with Crippen molar-refractivity contribution < 1.29 is 18.7 Å². The number of pyridine rings is 1. The number of carboxylic acids is 1. The lowest BCUT2D eigenvalue weighted by Crippen LogP contribution is -2.08. The van der Waals surface area contributed by atoms with Gasteiger partial charge in [0.05, 0.1) is 23.7 Å². The lowest BCUT2D eigenvalue weighted by molar-refractivity contribution is -0.136. The van der Waals surface area contributed by atoms with Crippen LogP contribution in [0.5, 0.6) is 0 Å². The van der Waals surface area contributed by atoms with Gasteiger partial charge in [-0.25, -0.2) is 8.78 Å². The number of hydrogen-bond donors (Lipinski definition) is 1. The molecule has 0 aliphatic rings. The van der Waals surface area contributed by atoms with Crippen molar-refractivity contribution in [3.8, 4) is 0 Å². The standard InChI is InChI=1S/C10H10ClF2NO2/c1-5-2-6(10(12)13)8(4-11)14-7(5)3-9(15)16/h2,10H,3-4H2,1H3,(H,15,16). The van der Waals surface area contributed by atoms with Crippen molar-refractivity contribution in [2.75, 3.05) is 0 Å². The maximum Gasteiger partial charge on any atom is 0.309 e. The van der Waals surface area contributed by atoms with Crippen molar-refractivity contribution in [2.24, 2.45) is 0 Å². The summed E-state index contributed by atoms with van der Waals surface area (Å²) in [5.41, 5.74) is 0.513. The SMILES string of the molecule is Cc1cc(C(F)F)c(CCl)nc1CC(=O)O. The van der Waals surface area contributed by atoms with Gasteiger partial charge < -0.3 is 5.11 Å².